The molecular formula is C37H34F34P+. The highest BCUT2D eigenvalue weighted by molar-refractivity contribution is 7.75. The molecule has 0 aliphatic heterocycles. The molecule has 35 heteroatoms. The van der Waals surface area contributed by atoms with Gasteiger partial charge >= 0.3 is 95.3 Å². The summed E-state index contributed by atoms with van der Waals surface area (Å²) in [6, 6.07) is 3.37. The van der Waals surface area contributed by atoms with Gasteiger partial charge < -0.3 is 0 Å². The van der Waals surface area contributed by atoms with Crippen LogP contribution in [0.3, 0.4) is 0 Å². The summed E-state index contributed by atoms with van der Waals surface area (Å²) < 4.78 is 478. The smallest absolute Gasteiger partial charge is 0.199 e. The van der Waals surface area contributed by atoms with Crippen LogP contribution in [0.25, 0.3) is 6.08 Å². The van der Waals surface area contributed by atoms with Crippen LogP contribution in [0.15, 0.2) is 30.8 Å². The molecule has 72 heavy (non-hydrogen) atoms. The maximum Gasteiger partial charge on any atom is 0.460 e. The predicted molar refractivity (Wildman–Crippen MR) is 186 cm³/mol. The second-order valence-corrected chi connectivity index (χ2v) is 22.0. The van der Waals surface area contributed by atoms with Crippen molar-refractivity contribution in [2.24, 2.45) is 11.3 Å². The Kier molecular flexibility index (Phi) is 17.9. The van der Waals surface area contributed by atoms with Gasteiger partial charge in [-0.2, -0.15) is 149 Å². The Morgan fingerprint density at radius 3 is 0.889 bits per heavy atom. The average molecular weight is 1160 g/mol. The summed E-state index contributed by atoms with van der Waals surface area (Å²) in [4.78, 5) is 0. The summed E-state index contributed by atoms with van der Waals surface area (Å²) in [5.74, 6) is -122. The van der Waals surface area contributed by atoms with Crippen LogP contribution in [0.2, 0.25) is 0 Å². The predicted octanol–water partition coefficient (Wildman–Crippen LogP) is 17.7. The van der Waals surface area contributed by atoms with E-state index < -0.39 is 163 Å². The molecule has 0 amide bonds. The summed E-state index contributed by atoms with van der Waals surface area (Å²) >= 11 is 0. The van der Waals surface area contributed by atoms with E-state index in [-0.39, 0.29) is 5.56 Å². The van der Waals surface area contributed by atoms with Crippen molar-refractivity contribution in [2.45, 2.75) is 148 Å². The van der Waals surface area contributed by atoms with Crippen molar-refractivity contribution in [3.05, 3.63) is 42.0 Å². The lowest BCUT2D eigenvalue weighted by atomic mass is 9.86. The third-order valence-corrected chi connectivity index (χ3v) is 15.5. The molecule has 1 aromatic carbocycles. The maximum absolute atomic E-state index is 15.4. The van der Waals surface area contributed by atoms with Gasteiger partial charge in [0.25, 0.3) is 0 Å². The third-order valence-electron chi connectivity index (χ3n) is 10.8. The first-order chi connectivity index (χ1) is 31.0. The van der Waals surface area contributed by atoms with E-state index in [1.54, 1.807) is 0 Å². The number of halogens is 34. The number of alkyl halides is 34. The minimum absolute atomic E-state index is 0.0261. The van der Waals surface area contributed by atoms with Gasteiger partial charge in [0.1, 0.15) is 0 Å². The molecule has 1 aromatic rings. The van der Waals surface area contributed by atoms with Gasteiger partial charge in [-0.3, -0.25) is 0 Å². The van der Waals surface area contributed by atoms with Crippen LogP contribution >= 0.6 is 7.26 Å². The van der Waals surface area contributed by atoms with E-state index in [4.69, 9.17) is 0 Å². The lowest BCUT2D eigenvalue weighted by Gasteiger charge is -2.43. The van der Waals surface area contributed by atoms with E-state index in [1.165, 1.54) is 20.8 Å². The van der Waals surface area contributed by atoms with Crippen molar-refractivity contribution in [1.82, 2.24) is 0 Å². The van der Waals surface area contributed by atoms with Crippen LogP contribution in [0, 0.1) is 11.3 Å². The molecule has 1 atom stereocenters. The Bertz CT molecular complexity index is 1900. The second-order valence-electron chi connectivity index (χ2n) is 17.7. The number of benzene rings is 1. The Labute approximate surface area is 383 Å². The number of rotatable bonds is 24. The summed E-state index contributed by atoms with van der Waals surface area (Å²) in [6.45, 7) is 8.01. The van der Waals surface area contributed by atoms with Crippen LogP contribution in [-0.2, 0) is 6.16 Å². The molecule has 1 rings (SSSR count). The van der Waals surface area contributed by atoms with Gasteiger partial charge in [-0.15, -0.1) is 0 Å². The second kappa shape index (κ2) is 19.2. The first-order valence-electron chi connectivity index (χ1n) is 19.0. The van der Waals surface area contributed by atoms with Crippen molar-refractivity contribution in [2.75, 3.05) is 18.5 Å². The molecule has 0 bridgehead atoms. The van der Waals surface area contributed by atoms with Crippen LogP contribution in [0.4, 0.5) is 149 Å². The van der Waals surface area contributed by atoms with E-state index in [2.05, 4.69) is 6.58 Å². The van der Waals surface area contributed by atoms with Gasteiger partial charge in [0.2, 0.25) is 0 Å². The molecule has 0 spiro atoms. The highest BCUT2D eigenvalue weighted by atomic mass is 31.2. The van der Waals surface area contributed by atoms with Crippen molar-refractivity contribution < 1.29 is 149 Å². The molecule has 0 heterocycles. The largest absolute Gasteiger partial charge is 0.460 e. The molecule has 0 saturated heterocycles. The molecule has 424 valence electrons. The van der Waals surface area contributed by atoms with Crippen molar-refractivity contribution in [1.29, 1.82) is 0 Å². The molecule has 0 N–H and O–H groups in total. The van der Waals surface area contributed by atoms with Gasteiger partial charge in [0.15, 0.2) is 0 Å². The van der Waals surface area contributed by atoms with Crippen LogP contribution in [0.1, 0.15) is 58.1 Å². The van der Waals surface area contributed by atoms with E-state index in [1.807, 2.05) is 0 Å². The van der Waals surface area contributed by atoms with Gasteiger partial charge in [-0.1, -0.05) is 64.6 Å². The van der Waals surface area contributed by atoms with Gasteiger partial charge in [-0.05, 0) is 28.9 Å². The molecule has 0 saturated carbocycles. The minimum atomic E-state index is -9.13. The summed E-state index contributed by atoms with van der Waals surface area (Å²) in [7, 11) is -5.10. The first-order valence-corrected chi connectivity index (χ1v) is 21.5. The molecule has 0 fully saturated rings. The van der Waals surface area contributed by atoms with Crippen molar-refractivity contribution in [3.8, 4) is 0 Å². The SMILES string of the molecule is C=Cc1ccc(C[P+](CCC(F)(F)C(F)(F)C(F)(F)C(F)(F)C(F)(F)C(F)(F)C(F)(F)C(F)(F)F)(CCC(F)(F)C(F)(F)C(F)(F)C(F)(F)C(F)(F)C(F)(F)C(F)(F)C(F)(F)F)CC(C)CC(C)(C)C)cc1. The molecule has 0 aliphatic rings. The fraction of sp³-hybridized carbons (Fsp3) is 0.784. The normalized spacial score (nSPS) is 16.6. The quantitative estimate of drug-likeness (QED) is 0.0715. The Hall–Kier alpha value is -2.99. The van der Waals surface area contributed by atoms with Crippen LogP contribution in [0.5, 0.6) is 0 Å². The van der Waals surface area contributed by atoms with E-state index >= 15 is 35.1 Å². The maximum atomic E-state index is 15.4. The molecule has 1 unspecified atom stereocenters. The summed E-state index contributed by atoms with van der Waals surface area (Å²) in [6.07, 6.45) is -30.1. The standard InChI is InChI=1S/C37H34F34P/c1-6-19-7-9-20(10-8-19)17-72(16-18(2)15-21(3,4)5,13-11-22(38,39)24(42,43)26(46,47)28(50,51)30(54,55)32(58,59)34(62,63)36(66,67)68)14-12-23(40,41)25(44,45)27(48,49)29(52,53)31(56,57)33(60,61)35(64,65)37(69,70)71/h6-10,18H,1,11-17H2,2-5H3/q+1. The summed E-state index contributed by atoms with van der Waals surface area (Å²) in [5, 5.41) is 0. The monoisotopic (exact) mass is 1160 g/mol. The zero-order valence-corrected chi connectivity index (χ0v) is 36.8. The van der Waals surface area contributed by atoms with E-state index in [0.717, 1.165) is 37.3 Å². The Morgan fingerprint density at radius 1 is 0.403 bits per heavy atom. The lowest BCUT2D eigenvalue weighted by Crippen LogP contribution is -2.74. The first kappa shape index (κ1) is 67.0. The third kappa shape index (κ3) is 10.9. The van der Waals surface area contributed by atoms with Crippen molar-refractivity contribution in [3.63, 3.8) is 0 Å². The highest BCUT2D eigenvalue weighted by Crippen LogP contribution is 2.70. The zero-order valence-electron chi connectivity index (χ0n) is 35.9. The Morgan fingerprint density at radius 2 is 0.653 bits per heavy atom. The number of hydrogen-bond acceptors (Lipinski definition) is 0. The fourth-order valence-electron chi connectivity index (χ4n) is 6.90. The molecule has 0 radical (unpaired) electrons. The van der Waals surface area contributed by atoms with Gasteiger partial charge in [-0.25, -0.2) is 0 Å². The van der Waals surface area contributed by atoms with Gasteiger partial charge in [0.05, 0.1) is 37.5 Å². The molecular weight excluding hydrogens is 1120 g/mol. The average Bonchev–Trinajstić information content (AvgIpc) is 3.17. The topological polar surface area (TPSA) is 0 Å². The lowest BCUT2D eigenvalue weighted by molar-refractivity contribution is -0.461. The van der Waals surface area contributed by atoms with E-state index in [9.17, 15) is 114 Å². The molecule has 0 aliphatic carbocycles. The van der Waals surface area contributed by atoms with Gasteiger partial charge in [0, 0.05) is 7.26 Å². The van der Waals surface area contributed by atoms with Crippen LogP contribution in [-0.4, -0.2) is 114 Å². The van der Waals surface area contributed by atoms with Crippen LogP contribution < -0.4 is 0 Å². The summed E-state index contributed by atoms with van der Waals surface area (Å²) in [5.41, 5.74) is -1.66. The van der Waals surface area contributed by atoms with Crippen molar-refractivity contribution >= 4 is 13.3 Å². The highest BCUT2D eigenvalue weighted by Gasteiger charge is 2.97. The minimum Gasteiger partial charge on any atom is -0.199 e. The molecule has 0 nitrogen and oxygen atoms in total. The fourth-order valence-corrected chi connectivity index (χ4v) is 11.9. The molecule has 0 aromatic heterocycles. The Balaban J connectivity index is 4.25. The van der Waals surface area contributed by atoms with E-state index in [0.29, 0.717) is 0 Å². The zero-order chi connectivity index (χ0) is 58.2. The number of hydrogen-bond donors (Lipinski definition) is 0.